The Morgan fingerprint density at radius 3 is 2.54 bits per heavy atom. The zero-order valence-electron chi connectivity index (χ0n) is 14.3. The first-order valence-corrected chi connectivity index (χ1v) is 8.75. The molecule has 0 aromatic heterocycles. The van der Waals surface area contributed by atoms with Crippen molar-refractivity contribution in [1.29, 1.82) is 0 Å². The topological polar surface area (TPSA) is 55.9 Å². The fourth-order valence-electron chi connectivity index (χ4n) is 3.36. The number of rotatable bonds is 4. The highest BCUT2D eigenvalue weighted by Crippen LogP contribution is 2.15. The van der Waals surface area contributed by atoms with Gasteiger partial charge >= 0.3 is 6.03 Å². The van der Waals surface area contributed by atoms with Gasteiger partial charge in [-0.3, -0.25) is 4.79 Å². The Hall–Kier alpha value is -2.08. The molecule has 0 saturated carbocycles. The molecule has 3 amide bonds. The Morgan fingerprint density at radius 1 is 1.17 bits per heavy atom. The third-order valence-electron chi connectivity index (χ3n) is 4.87. The maximum atomic E-state index is 12.4. The third kappa shape index (κ3) is 4.06. The second-order valence-electron chi connectivity index (χ2n) is 6.53. The fraction of sp³-hybridized carbons (Fsp3) is 0.556. The number of likely N-dealkylation sites (N-methyl/N-ethyl adjacent to an activating group) is 1. The molecule has 24 heavy (non-hydrogen) atoms. The number of carbonyl (C=O) groups excluding carboxylic acids is 2. The van der Waals surface area contributed by atoms with Gasteiger partial charge in [0.05, 0.1) is 6.04 Å². The smallest absolute Gasteiger partial charge is 0.317 e. The number of piperazine rings is 1. The van der Waals surface area contributed by atoms with Crippen molar-refractivity contribution in [2.75, 3.05) is 39.3 Å². The first-order valence-electron chi connectivity index (χ1n) is 8.75. The maximum Gasteiger partial charge on any atom is 0.317 e. The summed E-state index contributed by atoms with van der Waals surface area (Å²) in [6, 6.07) is 9.84. The number of hydrogen-bond acceptors (Lipinski definition) is 3. The molecule has 2 aliphatic rings. The standard InChI is InChI=1S/C18H26N4O2/c1-2-20-8-10-21(11-9-20)18(24)19-16-12-17(23)22(14-16)13-15-6-4-3-5-7-15/h3-7,16H,2,8-14H2,1H3,(H,19,24). The second kappa shape index (κ2) is 7.66. The highest BCUT2D eigenvalue weighted by Gasteiger charge is 2.32. The van der Waals surface area contributed by atoms with Gasteiger partial charge in [0.15, 0.2) is 0 Å². The Bertz CT molecular complexity index is 570. The van der Waals surface area contributed by atoms with E-state index < -0.39 is 0 Å². The van der Waals surface area contributed by atoms with Crippen molar-refractivity contribution in [2.24, 2.45) is 0 Å². The largest absolute Gasteiger partial charge is 0.336 e. The zero-order valence-corrected chi connectivity index (χ0v) is 14.3. The van der Waals surface area contributed by atoms with Crippen LogP contribution in [-0.4, -0.2) is 71.9 Å². The Morgan fingerprint density at radius 2 is 1.88 bits per heavy atom. The minimum absolute atomic E-state index is 0.0369. The molecule has 2 aliphatic heterocycles. The van der Waals surface area contributed by atoms with Crippen molar-refractivity contribution in [3.63, 3.8) is 0 Å². The van der Waals surface area contributed by atoms with Gasteiger partial charge in [0.2, 0.25) is 5.91 Å². The van der Waals surface area contributed by atoms with E-state index in [9.17, 15) is 9.59 Å². The molecule has 1 atom stereocenters. The number of nitrogens with one attached hydrogen (secondary N) is 1. The zero-order chi connectivity index (χ0) is 16.9. The molecule has 1 N–H and O–H groups in total. The molecular formula is C18H26N4O2. The van der Waals surface area contributed by atoms with Crippen molar-refractivity contribution in [1.82, 2.24) is 20.0 Å². The predicted octanol–water partition coefficient (Wildman–Crippen LogP) is 1.13. The second-order valence-corrected chi connectivity index (χ2v) is 6.53. The van der Waals surface area contributed by atoms with Gasteiger partial charge in [-0.05, 0) is 12.1 Å². The van der Waals surface area contributed by atoms with Gasteiger partial charge in [-0.15, -0.1) is 0 Å². The number of nitrogens with zero attached hydrogens (tertiary/aromatic N) is 3. The number of hydrogen-bond donors (Lipinski definition) is 1. The van der Waals surface area contributed by atoms with Crippen LogP contribution in [0, 0.1) is 0 Å². The van der Waals surface area contributed by atoms with Gasteiger partial charge in [-0.25, -0.2) is 4.79 Å². The molecular weight excluding hydrogens is 304 g/mol. The lowest BCUT2D eigenvalue weighted by Gasteiger charge is -2.34. The molecule has 6 heteroatoms. The predicted molar refractivity (Wildman–Crippen MR) is 92.5 cm³/mol. The molecule has 2 saturated heterocycles. The summed E-state index contributed by atoms with van der Waals surface area (Å²) in [6.45, 7) is 7.74. The van der Waals surface area contributed by atoms with Crippen molar-refractivity contribution >= 4 is 11.9 Å². The van der Waals surface area contributed by atoms with Crippen molar-refractivity contribution in [3.8, 4) is 0 Å². The summed E-state index contributed by atoms with van der Waals surface area (Å²) < 4.78 is 0. The van der Waals surface area contributed by atoms with Gasteiger partial charge in [-0.2, -0.15) is 0 Å². The molecule has 1 aromatic carbocycles. The summed E-state index contributed by atoms with van der Waals surface area (Å²) >= 11 is 0. The minimum Gasteiger partial charge on any atom is -0.336 e. The lowest BCUT2D eigenvalue weighted by atomic mass is 10.2. The molecule has 1 aromatic rings. The molecule has 2 fully saturated rings. The monoisotopic (exact) mass is 330 g/mol. The van der Waals surface area contributed by atoms with Crippen molar-refractivity contribution < 1.29 is 9.59 Å². The maximum absolute atomic E-state index is 12.4. The summed E-state index contributed by atoms with van der Waals surface area (Å²) in [7, 11) is 0. The van der Waals surface area contributed by atoms with E-state index >= 15 is 0 Å². The van der Waals surface area contributed by atoms with E-state index in [0.717, 1.165) is 38.3 Å². The highest BCUT2D eigenvalue weighted by molar-refractivity contribution is 5.81. The molecule has 130 valence electrons. The average Bonchev–Trinajstić information content (AvgIpc) is 2.95. The molecule has 2 heterocycles. The first kappa shape index (κ1) is 16.8. The number of benzene rings is 1. The van der Waals surface area contributed by atoms with E-state index in [1.807, 2.05) is 40.1 Å². The van der Waals surface area contributed by atoms with Crippen LogP contribution in [0.4, 0.5) is 4.79 Å². The first-order chi connectivity index (χ1) is 11.7. The van der Waals surface area contributed by atoms with Crippen LogP contribution in [0.3, 0.4) is 0 Å². The SMILES string of the molecule is CCN1CCN(C(=O)NC2CC(=O)N(Cc3ccccc3)C2)CC1. The molecule has 0 radical (unpaired) electrons. The van der Waals surface area contributed by atoms with Crippen LogP contribution < -0.4 is 5.32 Å². The number of likely N-dealkylation sites (tertiary alicyclic amines) is 1. The summed E-state index contributed by atoms with van der Waals surface area (Å²) in [5, 5.41) is 3.03. The number of amides is 3. The summed E-state index contributed by atoms with van der Waals surface area (Å²) in [4.78, 5) is 30.6. The molecule has 0 spiro atoms. The molecule has 6 nitrogen and oxygen atoms in total. The lowest BCUT2D eigenvalue weighted by molar-refractivity contribution is -0.128. The van der Waals surface area contributed by atoms with Gasteiger partial charge < -0.3 is 20.0 Å². The summed E-state index contributed by atoms with van der Waals surface area (Å²) in [5.41, 5.74) is 1.12. The summed E-state index contributed by atoms with van der Waals surface area (Å²) in [5.74, 6) is 0.111. The quantitative estimate of drug-likeness (QED) is 0.900. The van der Waals surface area contributed by atoms with E-state index in [-0.39, 0.29) is 18.0 Å². The van der Waals surface area contributed by atoms with Crippen molar-refractivity contribution in [3.05, 3.63) is 35.9 Å². The van der Waals surface area contributed by atoms with E-state index in [1.165, 1.54) is 0 Å². The molecule has 3 rings (SSSR count). The van der Waals surface area contributed by atoms with Gasteiger partial charge in [0.1, 0.15) is 0 Å². The van der Waals surface area contributed by atoms with Crippen LogP contribution in [0.5, 0.6) is 0 Å². The van der Waals surface area contributed by atoms with E-state index in [4.69, 9.17) is 0 Å². The summed E-state index contributed by atoms with van der Waals surface area (Å²) in [6.07, 6.45) is 0.396. The van der Waals surface area contributed by atoms with Crippen LogP contribution in [0.25, 0.3) is 0 Å². The Balaban J connectivity index is 1.48. The number of urea groups is 1. The molecule has 0 aliphatic carbocycles. The van der Waals surface area contributed by atoms with Crippen LogP contribution in [0.1, 0.15) is 18.9 Å². The Labute approximate surface area is 143 Å². The van der Waals surface area contributed by atoms with Crippen LogP contribution in [0.15, 0.2) is 30.3 Å². The van der Waals surface area contributed by atoms with E-state index in [1.54, 1.807) is 0 Å². The number of carbonyl (C=O) groups is 2. The molecule has 0 bridgehead atoms. The fourth-order valence-corrected chi connectivity index (χ4v) is 3.36. The third-order valence-corrected chi connectivity index (χ3v) is 4.87. The van der Waals surface area contributed by atoms with Gasteiger partial charge in [0, 0.05) is 45.7 Å². The van der Waals surface area contributed by atoms with Crippen LogP contribution in [-0.2, 0) is 11.3 Å². The van der Waals surface area contributed by atoms with E-state index in [0.29, 0.717) is 19.5 Å². The lowest BCUT2D eigenvalue weighted by Crippen LogP contribution is -2.53. The Kier molecular flexibility index (Phi) is 5.35. The van der Waals surface area contributed by atoms with Crippen LogP contribution >= 0.6 is 0 Å². The highest BCUT2D eigenvalue weighted by atomic mass is 16.2. The van der Waals surface area contributed by atoms with Gasteiger partial charge in [-0.1, -0.05) is 37.3 Å². The minimum atomic E-state index is -0.0853. The van der Waals surface area contributed by atoms with Crippen LogP contribution in [0.2, 0.25) is 0 Å². The molecule has 1 unspecified atom stereocenters. The van der Waals surface area contributed by atoms with E-state index in [2.05, 4.69) is 17.1 Å². The van der Waals surface area contributed by atoms with Crippen molar-refractivity contribution in [2.45, 2.75) is 25.9 Å². The average molecular weight is 330 g/mol. The normalized spacial score (nSPS) is 22.0. The van der Waals surface area contributed by atoms with Gasteiger partial charge in [0.25, 0.3) is 0 Å².